The fraction of sp³-hybridized carbons (Fsp3) is 0.353. The predicted octanol–water partition coefficient (Wildman–Crippen LogP) is 2.67. The van der Waals surface area contributed by atoms with Crippen molar-refractivity contribution in [3.8, 4) is 0 Å². The van der Waals surface area contributed by atoms with E-state index in [9.17, 15) is 0 Å². The van der Waals surface area contributed by atoms with E-state index in [1.165, 1.54) is 16.0 Å². The van der Waals surface area contributed by atoms with E-state index in [2.05, 4.69) is 76.4 Å². The van der Waals surface area contributed by atoms with Gasteiger partial charge in [-0.25, -0.2) is 0 Å². The first-order chi connectivity index (χ1) is 10.7. The summed E-state index contributed by atoms with van der Waals surface area (Å²) in [5.74, 6) is 0.825. The molecule has 22 heavy (non-hydrogen) atoms. The number of thiophene rings is 1. The molecule has 0 unspecified atom stereocenters. The van der Waals surface area contributed by atoms with Gasteiger partial charge in [0.05, 0.1) is 6.54 Å². The van der Waals surface area contributed by atoms with Crippen LogP contribution in [0.1, 0.15) is 16.0 Å². The van der Waals surface area contributed by atoms with Crippen LogP contribution in [0.5, 0.6) is 0 Å². The minimum atomic E-state index is 0.769. The molecule has 0 radical (unpaired) electrons. The van der Waals surface area contributed by atoms with Gasteiger partial charge in [-0.3, -0.25) is 4.99 Å². The molecule has 4 nitrogen and oxygen atoms in total. The highest BCUT2D eigenvalue weighted by molar-refractivity contribution is 7.09. The zero-order valence-corrected chi connectivity index (χ0v) is 14.3. The van der Waals surface area contributed by atoms with Gasteiger partial charge in [-0.2, -0.15) is 0 Å². The van der Waals surface area contributed by atoms with Crippen LogP contribution in [0.15, 0.2) is 46.8 Å². The summed E-state index contributed by atoms with van der Waals surface area (Å²) in [6.45, 7) is 2.53. The Bertz CT molecular complexity index is 590. The number of nitrogens with one attached hydrogen (secondary N) is 2. The molecular formula is C17H24N4S. The highest BCUT2D eigenvalue weighted by Gasteiger charge is 2.01. The van der Waals surface area contributed by atoms with Gasteiger partial charge in [0, 0.05) is 25.0 Å². The van der Waals surface area contributed by atoms with Gasteiger partial charge >= 0.3 is 0 Å². The maximum Gasteiger partial charge on any atom is 0.191 e. The van der Waals surface area contributed by atoms with Gasteiger partial charge in [-0.1, -0.05) is 30.3 Å². The second-order valence-electron chi connectivity index (χ2n) is 5.42. The average Bonchev–Trinajstić information content (AvgIpc) is 3.00. The van der Waals surface area contributed by atoms with Crippen molar-refractivity contribution in [1.82, 2.24) is 15.5 Å². The Kier molecular flexibility index (Phi) is 6.43. The first-order valence-electron chi connectivity index (χ1n) is 7.37. The molecule has 1 aromatic heterocycles. The van der Waals surface area contributed by atoms with Crippen LogP contribution in [-0.2, 0) is 19.6 Å². The topological polar surface area (TPSA) is 39.7 Å². The molecular weight excluding hydrogens is 292 g/mol. The van der Waals surface area contributed by atoms with Gasteiger partial charge in [0.1, 0.15) is 0 Å². The van der Waals surface area contributed by atoms with Crippen molar-refractivity contribution < 1.29 is 0 Å². The molecule has 0 atom stereocenters. The van der Waals surface area contributed by atoms with Crippen molar-refractivity contribution >= 4 is 17.3 Å². The van der Waals surface area contributed by atoms with E-state index in [-0.39, 0.29) is 0 Å². The summed E-state index contributed by atoms with van der Waals surface area (Å²) in [4.78, 5) is 7.74. The monoisotopic (exact) mass is 316 g/mol. The molecule has 0 saturated heterocycles. The Morgan fingerprint density at radius 3 is 2.55 bits per heavy atom. The number of hydrogen-bond donors (Lipinski definition) is 2. The van der Waals surface area contributed by atoms with Gasteiger partial charge in [-0.15, -0.1) is 11.3 Å². The quantitative estimate of drug-likeness (QED) is 0.636. The lowest BCUT2D eigenvalue weighted by atomic mass is 10.1. The van der Waals surface area contributed by atoms with Crippen LogP contribution < -0.4 is 10.6 Å². The second kappa shape index (κ2) is 8.56. The fourth-order valence-electron chi connectivity index (χ4n) is 2.19. The summed E-state index contributed by atoms with van der Waals surface area (Å²) in [7, 11) is 5.97. The number of hydrogen-bond acceptors (Lipinski definition) is 3. The van der Waals surface area contributed by atoms with E-state index in [1.807, 2.05) is 0 Å². The summed E-state index contributed by atoms with van der Waals surface area (Å²) in [5.41, 5.74) is 2.59. The molecule has 0 aliphatic heterocycles. The summed E-state index contributed by atoms with van der Waals surface area (Å²) < 4.78 is 0. The molecule has 0 amide bonds. The van der Waals surface area contributed by atoms with Crippen molar-refractivity contribution in [3.05, 3.63) is 57.8 Å². The molecule has 2 aromatic rings. The van der Waals surface area contributed by atoms with Crippen molar-refractivity contribution in [2.24, 2.45) is 4.99 Å². The van der Waals surface area contributed by atoms with E-state index in [4.69, 9.17) is 0 Å². The summed E-state index contributed by atoms with van der Waals surface area (Å²) >= 11 is 1.75. The van der Waals surface area contributed by atoms with Gasteiger partial charge < -0.3 is 15.5 Å². The first-order valence-corrected chi connectivity index (χ1v) is 8.25. The molecule has 0 bridgehead atoms. The lowest BCUT2D eigenvalue weighted by Crippen LogP contribution is -2.36. The van der Waals surface area contributed by atoms with E-state index in [0.29, 0.717) is 0 Å². The van der Waals surface area contributed by atoms with Gasteiger partial charge in [0.2, 0.25) is 0 Å². The van der Waals surface area contributed by atoms with E-state index >= 15 is 0 Å². The molecule has 0 spiro atoms. The van der Waals surface area contributed by atoms with E-state index in [0.717, 1.165) is 25.6 Å². The highest BCUT2D eigenvalue weighted by Crippen LogP contribution is 2.08. The molecule has 1 aromatic carbocycles. The van der Waals surface area contributed by atoms with Gasteiger partial charge in [0.15, 0.2) is 5.96 Å². The van der Waals surface area contributed by atoms with Crippen LogP contribution >= 0.6 is 11.3 Å². The van der Waals surface area contributed by atoms with Crippen LogP contribution in [0.3, 0.4) is 0 Å². The van der Waals surface area contributed by atoms with Crippen LogP contribution in [0, 0.1) is 0 Å². The van der Waals surface area contributed by atoms with Gasteiger partial charge in [-0.05, 0) is 36.7 Å². The number of rotatable bonds is 6. The number of benzene rings is 1. The van der Waals surface area contributed by atoms with Crippen molar-refractivity contribution in [3.63, 3.8) is 0 Å². The largest absolute Gasteiger partial charge is 0.352 e. The van der Waals surface area contributed by atoms with Gasteiger partial charge in [0.25, 0.3) is 0 Å². The molecule has 5 heteroatoms. The standard InChI is InChI=1S/C17H24N4S/c1-18-17(20-12-16-8-5-9-22-16)19-11-14-6-4-7-15(10-14)13-21(2)3/h4-10H,11-13H2,1-3H3,(H2,18,19,20). The second-order valence-corrected chi connectivity index (χ2v) is 6.45. The number of nitrogens with zero attached hydrogens (tertiary/aromatic N) is 2. The molecule has 118 valence electrons. The van der Waals surface area contributed by atoms with Crippen molar-refractivity contribution in [2.75, 3.05) is 21.1 Å². The van der Waals surface area contributed by atoms with Crippen LogP contribution in [0.4, 0.5) is 0 Å². The Morgan fingerprint density at radius 1 is 1.09 bits per heavy atom. The Morgan fingerprint density at radius 2 is 1.86 bits per heavy atom. The van der Waals surface area contributed by atoms with Crippen LogP contribution in [0.2, 0.25) is 0 Å². The third kappa shape index (κ3) is 5.50. The third-order valence-corrected chi connectivity index (χ3v) is 4.06. The molecule has 1 heterocycles. The summed E-state index contributed by atoms with van der Waals surface area (Å²) in [5, 5.41) is 8.78. The van der Waals surface area contributed by atoms with Crippen molar-refractivity contribution in [1.29, 1.82) is 0 Å². The minimum absolute atomic E-state index is 0.769. The van der Waals surface area contributed by atoms with E-state index in [1.54, 1.807) is 18.4 Å². The summed E-state index contributed by atoms with van der Waals surface area (Å²) in [6.07, 6.45) is 0. The highest BCUT2D eigenvalue weighted by atomic mass is 32.1. The maximum absolute atomic E-state index is 4.26. The van der Waals surface area contributed by atoms with Crippen molar-refractivity contribution in [2.45, 2.75) is 19.6 Å². The first kappa shape index (κ1) is 16.5. The molecule has 0 saturated carbocycles. The van der Waals surface area contributed by atoms with Crippen LogP contribution in [0.25, 0.3) is 0 Å². The number of guanidine groups is 1. The smallest absolute Gasteiger partial charge is 0.191 e. The van der Waals surface area contributed by atoms with E-state index < -0.39 is 0 Å². The number of aliphatic imine (C=N–C) groups is 1. The lowest BCUT2D eigenvalue weighted by molar-refractivity contribution is 0.402. The molecule has 0 aliphatic rings. The molecule has 0 aliphatic carbocycles. The molecule has 2 N–H and O–H groups in total. The molecule has 0 fully saturated rings. The predicted molar refractivity (Wildman–Crippen MR) is 95.2 cm³/mol. The zero-order valence-electron chi connectivity index (χ0n) is 13.5. The van der Waals surface area contributed by atoms with Crippen LogP contribution in [-0.4, -0.2) is 32.0 Å². The average molecular weight is 316 g/mol. The Labute approximate surface area is 136 Å². The normalized spacial score (nSPS) is 11.7. The lowest BCUT2D eigenvalue weighted by Gasteiger charge is -2.13. The Hall–Kier alpha value is -1.85. The summed E-state index contributed by atoms with van der Waals surface area (Å²) in [6, 6.07) is 12.8. The fourth-order valence-corrected chi connectivity index (χ4v) is 2.84. The SMILES string of the molecule is CN=C(NCc1cccc(CN(C)C)c1)NCc1cccs1. The third-order valence-electron chi connectivity index (χ3n) is 3.18. The molecule has 2 rings (SSSR count). The Balaban J connectivity index is 1.85. The zero-order chi connectivity index (χ0) is 15.8. The maximum atomic E-state index is 4.26. The minimum Gasteiger partial charge on any atom is -0.352 e.